The van der Waals surface area contributed by atoms with Crippen LogP contribution in [0.4, 0.5) is 0 Å². The van der Waals surface area contributed by atoms with Crippen LogP contribution in [0.3, 0.4) is 0 Å². The number of hydrogen-bond acceptors (Lipinski definition) is 4. The lowest BCUT2D eigenvalue weighted by molar-refractivity contribution is -0.155. The maximum Gasteiger partial charge on any atom is 0.247 e. The fraction of sp³-hybridized carbons (Fsp3) is 0.750. The molecule has 0 aliphatic carbocycles. The molecule has 0 spiro atoms. The molecule has 2 atom stereocenters. The molecule has 2 unspecified atom stereocenters. The van der Waals surface area contributed by atoms with Gasteiger partial charge < -0.3 is 9.80 Å². The van der Waals surface area contributed by atoms with E-state index in [1.165, 1.54) is 0 Å². The quantitative estimate of drug-likeness (QED) is 0.578. The van der Waals surface area contributed by atoms with Gasteiger partial charge in [-0.25, -0.2) is 0 Å². The van der Waals surface area contributed by atoms with E-state index in [1.54, 1.807) is 33.3 Å². The molecule has 3 saturated heterocycles. The SMILES string of the molecule is O=C1C2CSCN2C(=O)C2CSCN12. The molecule has 4 nitrogen and oxygen atoms in total. The molecule has 3 aliphatic rings. The van der Waals surface area contributed by atoms with E-state index in [-0.39, 0.29) is 23.9 Å². The second-order valence-electron chi connectivity index (χ2n) is 3.65. The third-order valence-electron chi connectivity index (χ3n) is 2.90. The molecule has 76 valence electrons. The van der Waals surface area contributed by atoms with Crippen LogP contribution in [0.5, 0.6) is 0 Å². The summed E-state index contributed by atoms with van der Waals surface area (Å²) >= 11 is 3.35. The zero-order valence-corrected chi connectivity index (χ0v) is 9.14. The molecule has 0 aromatic carbocycles. The fourth-order valence-corrected chi connectivity index (χ4v) is 4.42. The van der Waals surface area contributed by atoms with Crippen LogP contribution >= 0.6 is 23.5 Å². The van der Waals surface area contributed by atoms with E-state index in [4.69, 9.17) is 0 Å². The molecule has 0 aromatic heterocycles. The average Bonchev–Trinajstić information content (AvgIpc) is 2.82. The molecule has 3 aliphatic heterocycles. The summed E-state index contributed by atoms with van der Waals surface area (Å²) in [6, 6.07) is -0.329. The minimum atomic E-state index is -0.164. The van der Waals surface area contributed by atoms with Crippen LogP contribution in [0, 0.1) is 0 Å². The van der Waals surface area contributed by atoms with Crippen LogP contribution in [0.15, 0.2) is 0 Å². The predicted octanol–water partition coefficient (Wildman–Crippen LogP) is -0.197. The third-order valence-corrected chi connectivity index (χ3v) is 4.93. The van der Waals surface area contributed by atoms with Crippen molar-refractivity contribution in [3.8, 4) is 0 Å². The summed E-state index contributed by atoms with van der Waals surface area (Å²) in [5, 5.41) is 0. The number of fused-ring (bicyclic) bond motifs is 2. The van der Waals surface area contributed by atoms with E-state index >= 15 is 0 Å². The summed E-state index contributed by atoms with van der Waals surface area (Å²) in [4.78, 5) is 27.4. The van der Waals surface area contributed by atoms with E-state index in [2.05, 4.69) is 0 Å². The first-order chi connectivity index (χ1) is 6.79. The van der Waals surface area contributed by atoms with Gasteiger partial charge in [0.25, 0.3) is 0 Å². The number of piperazine rings is 1. The molecular weight excluding hydrogens is 220 g/mol. The summed E-state index contributed by atoms with van der Waals surface area (Å²) < 4.78 is 0. The zero-order chi connectivity index (χ0) is 9.71. The number of hydrogen-bond donors (Lipinski definition) is 0. The minimum absolute atomic E-state index is 0.157. The van der Waals surface area contributed by atoms with Gasteiger partial charge in [-0.05, 0) is 0 Å². The fourth-order valence-electron chi connectivity index (χ4n) is 2.11. The van der Waals surface area contributed by atoms with Crippen molar-refractivity contribution in [2.45, 2.75) is 12.1 Å². The molecule has 3 heterocycles. The first kappa shape index (κ1) is 8.91. The minimum Gasteiger partial charge on any atom is -0.319 e. The first-order valence-corrected chi connectivity index (χ1v) is 6.86. The predicted molar refractivity (Wildman–Crippen MR) is 55.9 cm³/mol. The molecule has 14 heavy (non-hydrogen) atoms. The highest BCUT2D eigenvalue weighted by Gasteiger charge is 2.49. The van der Waals surface area contributed by atoms with Crippen molar-refractivity contribution in [2.24, 2.45) is 0 Å². The highest BCUT2D eigenvalue weighted by atomic mass is 32.2. The Bertz CT molecular complexity index is 256. The van der Waals surface area contributed by atoms with Crippen molar-refractivity contribution >= 4 is 35.3 Å². The normalized spacial score (nSPS) is 36.3. The Morgan fingerprint density at radius 2 is 1.36 bits per heavy atom. The largest absolute Gasteiger partial charge is 0.319 e. The van der Waals surface area contributed by atoms with E-state index < -0.39 is 0 Å². The summed E-state index contributed by atoms with van der Waals surface area (Å²) in [6.07, 6.45) is 0. The number of rotatable bonds is 0. The first-order valence-electron chi connectivity index (χ1n) is 4.55. The van der Waals surface area contributed by atoms with Gasteiger partial charge >= 0.3 is 0 Å². The Morgan fingerprint density at radius 3 is 1.79 bits per heavy atom. The van der Waals surface area contributed by atoms with Crippen molar-refractivity contribution in [1.29, 1.82) is 0 Å². The lowest BCUT2D eigenvalue weighted by atomic mass is 10.1. The topological polar surface area (TPSA) is 40.6 Å². The van der Waals surface area contributed by atoms with Crippen LogP contribution < -0.4 is 0 Å². The van der Waals surface area contributed by atoms with E-state index in [0.717, 1.165) is 11.5 Å². The zero-order valence-electron chi connectivity index (χ0n) is 7.51. The Hall–Kier alpha value is -0.360. The average molecular weight is 230 g/mol. The molecule has 3 fully saturated rings. The highest BCUT2D eigenvalue weighted by Crippen LogP contribution is 2.33. The second-order valence-corrected chi connectivity index (χ2v) is 5.65. The number of nitrogens with zero attached hydrogens (tertiary/aromatic N) is 2. The molecule has 3 rings (SSSR count). The molecule has 0 saturated carbocycles. The Labute approximate surface area is 90.4 Å². The van der Waals surface area contributed by atoms with Crippen molar-refractivity contribution in [3.63, 3.8) is 0 Å². The summed E-state index contributed by atoms with van der Waals surface area (Å²) in [7, 11) is 0. The lowest BCUT2D eigenvalue weighted by Gasteiger charge is -2.37. The van der Waals surface area contributed by atoms with Crippen LogP contribution in [0.25, 0.3) is 0 Å². The van der Waals surface area contributed by atoms with Gasteiger partial charge in [-0.15, -0.1) is 23.5 Å². The van der Waals surface area contributed by atoms with Gasteiger partial charge in [-0.1, -0.05) is 0 Å². The van der Waals surface area contributed by atoms with E-state index in [0.29, 0.717) is 11.8 Å². The summed E-state index contributed by atoms with van der Waals surface area (Å²) in [5.41, 5.74) is 0. The smallest absolute Gasteiger partial charge is 0.247 e. The molecule has 0 N–H and O–H groups in total. The van der Waals surface area contributed by atoms with Gasteiger partial charge in [0.2, 0.25) is 11.8 Å². The molecular formula is C8H10N2O2S2. The van der Waals surface area contributed by atoms with Crippen LogP contribution in [-0.2, 0) is 9.59 Å². The molecule has 0 radical (unpaired) electrons. The summed E-state index contributed by atoms with van der Waals surface area (Å²) in [5.74, 6) is 3.26. The third kappa shape index (κ3) is 1.04. The van der Waals surface area contributed by atoms with E-state index in [1.807, 2.05) is 0 Å². The van der Waals surface area contributed by atoms with Crippen molar-refractivity contribution in [1.82, 2.24) is 9.80 Å². The standard InChI is InChI=1S/C8H10N2O2S2/c11-7-5-1-13-3-9(5)8(12)6-2-14-4-10(6)7/h5-6H,1-4H2. The van der Waals surface area contributed by atoms with Gasteiger partial charge in [0.15, 0.2) is 0 Å². The van der Waals surface area contributed by atoms with Gasteiger partial charge in [0, 0.05) is 11.5 Å². The van der Waals surface area contributed by atoms with Gasteiger partial charge in [0.1, 0.15) is 12.1 Å². The van der Waals surface area contributed by atoms with Crippen molar-refractivity contribution < 1.29 is 9.59 Å². The summed E-state index contributed by atoms with van der Waals surface area (Å²) in [6.45, 7) is 0. The van der Waals surface area contributed by atoms with Gasteiger partial charge in [-0.3, -0.25) is 9.59 Å². The number of carbonyl (C=O) groups excluding carboxylic acids is 2. The Morgan fingerprint density at radius 1 is 0.929 bits per heavy atom. The molecule has 0 aromatic rings. The van der Waals surface area contributed by atoms with Crippen molar-refractivity contribution in [3.05, 3.63) is 0 Å². The molecule has 2 amide bonds. The van der Waals surface area contributed by atoms with Gasteiger partial charge in [-0.2, -0.15) is 0 Å². The lowest BCUT2D eigenvalue weighted by Crippen LogP contribution is -2.61. The number of thioether (sulfide) groups is 2. The monoisotopic (exact) mass is 230 g/mol. The number of carbonyl (C=O) groups is 2. The Kier molecular flexibility index (Phi) is 1.95. The molecule has 0 bridgehead atoms. The highest BCUT2D eigenvalue weighted by molar-refractivity contribution is 7.99. The second kappa shape index (κ2) is 3.06. The van der Waals surface area contributed by atoms with Crippen LogP contribution in [0.2, 0.25) is 0 Å². The number of amides is 2. The van der Waals surface area contributed by atoms with Crippen LogP contribution in [-0.4, -0.2) is 57.0 Å². The molecule has 6 heteroatoms. The van der Waals surface area contributed by atoms with Gasteiger partial charge in [0.05, 0.1) is 11.8 Å². The van der Waals surface area contributed by atoms with E-state index in [9.17, 15) is 9.59 Å². The maximum absolute atomic E-state index is 11.9. The maximum atomic E-state index is 11.9. The van der Waals surface area contributed by atoms with Crippen molar-refractivity contribution in [2.75, 3.05) is 23.3 Å². The van der Waals surface area contributed by atoms with Crippen LogP contribution in [0.1, 0.15) is 0 Å². The Balaban J connectivity index is 1.96.